The number of aryl methyl sites for hydroxylation is 1. The maximum Gasteiger partial charge on any atom is 0.242 e. The number of carbonyl (C=O) groups excluding carboxylic acids is 2. The van der Waals surface area contributed by atoms with E-state index >= 15 is 0 Å². The van der Waals surface area contributed by atoms with Crippen LogP contribution in [0.4, 0.5) is 4.39 Å². The molecule has 0 unspecified atom stereocenters. The van der Waals surface area contributed by atoms with Crippen LogP contribution in [0, 0.1) is 5.82 Å². The normalized spacial score (nSPS) is 11.0. The summed E-state index contributed by atoms with van der Waals surface area (Å²) in [6.07, 6.45) is 3.62. The molecule has 0 aliphatic rings. The molecule has 0 aliphatic carbocycles. The summed E-state index contributed by atoms with van der Waals surface area (Å²) in [6.45, 7) is 4.44. The molecule has 2 heterocycles. The van der Waals surface area contributed by atoms with E-state index in [0.29, 0.717) is 24.4 Å². The maximum absolute atomic E-state index is 13.3. The van der Waals surface area contributed by atoms with E-state index < -0.39 is 0 Å². The Morgan fingerprint density at radius 3 is 2.35 bits per heavy atom. The van der Waals surface area contributed by atoms with E-state index in [1.54, 1.807) is 34.3 Å². The molecule has 0 fully saturated rings. The third-order valence-electron chi connectivity index (χ3n) is 5.20. The molecular weight excluding hydrogens is 397 g/mol. The zero-order valence-corrected chi connectivity index (χ0v) is 18.1. The van der Waals surface area contributed by atoms with Crippen molar-refractivity contribution in [2.75, 3.05) is 6.54 Å². The Morgan fingerprint density at radius 1 is 1.03 bits per heavy atom. The highest BCUT2D eigenvalue weighted by molar-refractivity contribution is 5.86. The minimum atomic E-state index is -0.346. The first-order chi connectivity index (χ1) is 14.8. The zero-order chi connectivity index (χ0) is 22.4. The summed E-state index contributed by atoms with van der Waals surface area (Å²) in [5, 5.41) is 0. The van der Waals surface area contributed by atoms with Crippen molar-refractivity contribution in [3.8, 4) is 0 Å². The van der Waals surface area contributed by atoms with Crippen LogP contribution in [0.5, 0.6) is 0 Å². The fourth-order valence-corrected chi connectivity index (χ4v) is 3.36. The lowest BCUT2D eigenvalue weighted by molar-refractivity contribution is -0.142. The Bertz CT molecular complexity index is 994. The van der Waals surface area contributed by atoms with Crippen molar-refractivity contribution in [2.24, 2.45) is 7.05 Å². The van der Waals surface area contributed by atoms with Crippen molar-refractivity contribution in [1.29, 1.82) is 0 Å². The zero-order valence-electron chi connectivity index (χ0n) is 18.1. The second kappa shape index (κ2) is 10.1. The molecule has 2 aromatic heterocycles. The maximum atomic E-state index is 13.3. The Kier molecular flexibility index (Phi) is 7.28. The van der Waals surface area contributed by atoms with Crippen LogP contribution in [-0.4, -0.2) is 38.8 Å². The minimum Gasteiger partial charge on any atom is -0.467 e. The molecule has 3 rings (SSSR count). The van der Waals surface area contributed by atoms with Gasteiger partial charge < -0.3 is 18.8 Å². The Balaban J connectivity index is 1.73. The molecule has 0 atom stereocenters. The predicted octanol–water partition coefficient (Wildman–Crippen LogP) is 3.77. The first kappa shape index (κ1) is 22.3. The first-order valence-corrected chi connectivity index (χ1v) is 10.3. The van der Waals surface area contributed by atoms with Crippen molar-refractivity contribution in [1.82, 2.24) is 14.4 Å². The molecule has 3 aromatic rings. The standard InChI is InChI=1S/C24H28FN3O3/c1-18(2)28(23(29)14-19-8-10-20(25)11-9-19)17-24(30)27(16-22-7-5-13-31-22)15-21-6-4-12-26(21)3/h4-13,18H,14-17H2,1-3H3. The van der Waals surface area contributed by atoms with Crippen LogP contribution in [0.15, 0.2) is 65.4 Å². The van der Waals surface area contributed by atoms with Gasteiger partial charge in [-0.2, -0.15) is 0 Å². The van der Waals surface area contributed by atoms with Gasteiger partial charge in [0.1, 0.15) is 18.1 Å². The SMILES string of the molecule is CC(C)N(CC(=O)N(Cc1ccco1)Cc1cccn1C)C(=O)Cc1ccc(F)cc1. The quantitative estimate of drug-likeness (QED) is 0.524. The summed E-state index contributed by atoms with van der Waals surface area (Å²) in [7, 11) is 1.93. The summed E-state index contributed by atoms with van der Waals surface area (Å²) in [5.74, 6) is -0.0110. The van der Waals surface area contributed by atoms with Gasteiger partial charge in [-0.15, -0.1) is 0 Å². The molecule has 1 aromatic carbocycles. The van der Waals surface area contributed by atoms with Gasteiger partial charge in [0.2, 0.25) is 11.8 Å². The van der Waals surface area contributed by atoms with E-state index in [1.165, 1.54) is 12.1 Å². The summed E-state index contributed by atoms with van der Waals surface area (Å²) >= 11 is 0. The van der Waals surface area contributed by atoms with Gasteiger partial charge in [-0.05, 0) is 55.8 Å². The molecule has 6 nitrogen and oxygen atoms in total. The van der Waals surface area contributed by atoms with Gasteiger partial charge in [-0.1, -0.05) is 12.1 Å². The van der Waals surface area contributed by atoms with Crippen molar-refractivity contribution in [2.45, 2.75) is 39.4 Å². The average Bonchev–Trinajstić information content (AvgIpc) is 3.39. The van der Waals surface area contributed by atoms with Crippen molar-refractivity contribution in [3.63, 3.8) is 0 Å². The largest absolute Gasteiger partial charge is 0.467 e. The number of furan rings is 1. The number of aromatic nitrogens is 1. The highest BCUT2D eigenvalue weighted by Gasteiger charge is 2.25. The fraction of sp³-hybridized carbons (Fsp3) is 0.333. The number of carbonyl (C=O) groups is 2. The molecule has 0 radical (unpaired) electrons. The summed E-state index contributed by atoms with van der Waals surface area (Å²) in [4.78, 5) is 29.4. The molecule has 0 N–H and O–H groups in total. The second-order valence-corrected chi connectivity index (χ2v) is 7.86. The van der Waals surface area contributed by atoms with E-state index in [9.17, 15) is 14.0 Å². The van der Waals surface area contributed by atoms with Crippen LogP contribution >= 0.6 is 0 Å². The van der Waals surface area contributed by atoms with Crippen molar-refractivity contribution in [3.05, 3.63) is 83.8 Å². The number of nitrogens with zero attached hydrogens (tertiary/aromatic N) is 3. The highest BCUT2D eigenvalue weighted by Crippen LogP contribution is 2.14. The first-order valence-electron chi connectivity index (χ1n) is 10.3. The molecule has 0 aliphatic heterocycles. The molecule has 0 saturated carbocycles. The van der Waals surface area contributed by atoms with Crippen LogP contribution in [0.25, 0.3) is 0 Å². The number of hydrogen-bond donors (Lipinski definition) is 0. The number of halogens is 1. The van der Waals surface area contributed by atoms with Crippen molar-refractivity contribution < 1.29 is 18.4 Å². The van der Waals surface area contributed by atoms with Gasteiger partial charge in [-0.3, -0.25) is 9.59 Å². The van der Waals surface area contributed by atoms with Crippen LogP contribution in [0.2, 0.25) is 0 Å². The molecular formula is C24H28FN3O3. The van der Waals surface area contributed by atoms with Crippen LogP contribution in [0.3, 0.4) is 0 Å². The molecule has 164 valence electrons. The lowest BCUT2D eigenvalue weighted by Gasteiger charge is -2.30. The smallest absolute Gasteiger partial charge is 0.242 e. The topological polar surface area (TPSA) is 58.7 Å². The Hall–Kier alpha value is -3.35. The molecule has 0 saturated heterocycles. The van der Waals surface area contributed by atoms with Gasteiger partial charge in [0.15, 0.2) is 0 Å². The highest BCUT2D eigenvalue weighted by atomic mass is 19.1. The van der Waals surface area contributed by atoms with Crippen LogP contribution < -0.4 is 0 Å². The van der Waals surface area contributed by atoms with E-state index in [0.717, 1.165) is 5.69 Å². The average molecular weight is 426 g/mol. The molecule has 0 spiro atoms. The lowest BCUT2D eigenvalue weighted by Crippen LogP contribution is -2.46. The Morgan fingerprint density at radius 2 is 1.77 bits per heavy atom. The predicted molar refractivity (Wildman–Crippen MR) is 115 cm³/mol. The summed E-state index contributed by atoms with van der Waals surface area (Å²) in [6, 6.07) is 13.2. The molecule has 31 heavy (non-hydrogen) atoms. The second-order valence-electron chi connectivity index (χ2n) is 7.86. The van der Waals surface area contributed by atoms with Gasteiger partial charge >= 0.3 is 0 Å². The lowest BCUT2D eigenvalue weighted by atomic mass is 10.1. The molecule has 7 heteroatoms. The summed E-state index contributed by atoms with van der Waals surface area (Å²) < 4.78 is 20.6. The Labute approximate surface area is 181 Å². The van der Waals surface area contributed by atoms with E-state index in [2.05, 4.69) is 0 Å². The van der Waals surface area contributed by atoms with E-state index in [1.807, 2.05) is 49.9 Å². The molecule has 0 bridgehead atoms. The van der Waals surface area contributed by atoms with Gasteiger partial charge in [0.05, 0.1) is 25.8 Å². The number of amides is 2. The van der Waals surface area contributed by atoms with Crippen molar-refractivity contribution >= 4 is 11.8 Å². The minimum absolute atomic E-state index is 0.0389. The molecule has 2 amide bonds. The fourth-order valence-electron chi connectivity index (χ4n) is 3.36. The third kappa shape index (κ3) is 6.07. The van der Waals surface area contributed by atoms with Crippen LogP contribution in [0.1, 0.15) is 30.9 Å². The van der Waals surface area contributed by atoms with E-state index in [4.69, 9.17) is 4.42 Å². The monoisotopic (exact) mass is 425 g/mol. The summed E-state index contributed by atoms with van der Waals surface area (Å²) in [5.41, 5.74) is 1.69. The van der Waals surface area contributed by atoms with Gasteiger partial charge in [0, 0.05) is 25.0 Å². The van der Waals surface area contributed by atoms with Gasteiger partial charge in [-0.25, -0.2) is 4.39 Å². The van der Waals surface area contributed by atoms with E-state index in [-0.39, 0.29) is 36.6 Å². The van der Waals surface area contributed by atoms with Crippen LogP contribution in [-0.2, 0) is 36.1 Å². The number of rotatable bonds is 9. The number of hydrogen-bond acceptors (Lipinski definition) is 3. The third-order valence-corrected chi connectivity index (χ3v) is 5.20. The van der Waals surface area contributed by atoms with Gasteiger partial charge in [0.25, 0.3) is 0 Å². The number of benzene rings is 1.